The molecule has 0 N–H and O–H groups in total. The lowest BCUT2D eigenvalue weighted by Crippen LogP contribution is -2.37. The third kappa shape index (κ3) is 5.19. The number of nitrogens with zero attached hydrogens (tertiary/aromatic N) is 1. The smallest absolute Gasteiger partial charge is 0.326 e. The summed E-state index contributed by atoms with van der Waals surface area (Å²) >= 11 is 4.29. The van der Waals surface area contributed by atoms with E-state index < -0.39 is 29.3 Å². The molecule has 1 aliphatic rings. The highest BCUT2D eigenvalue weighted by molar-refractivity contribution is 9.10. The number of halogens is 1. The molecule has 2 heterocycles. The van der Waals surface area contributed by atoms with Crippen molar-refractivity contribution in [2.45, 2.75) is 33.3 Å². The van der Waals surface area contributed by atoms with Crippen molar-refractivity contribution in [3.05, 3.63) is 51.0 Å². The molecule has 2 aromatic rings. The van der Waals surface area contributed by atoms with Gasteiger partial charge in [-0.3, -0.25) is 19.3 Å². The fourth-order valence-electron chi connectivity index (χ4n) is 2.66. The molecule has 8 heteroatoms. The fraction of sp³-hybridized carbons (Fsp3) is 0.286. The number of aryl methyl sites for hydroxylation is 1. The van der Waals surface area contributed by atoms with Crippen LogP contribution >= 0.6 is 27.7 Å². The summed E-state index contributed by atoms with van der Waals surface area (Å²) in [5.41, 5.74) is 1.31. The molecule has 3 rings (SSSR count). The second kappa shape index (κ2) is 8.20. The van der Waals surface area contributed by atoms with Gasteiger partial charge in [-0.15, -0.1) is 0 Å². The average molecular weight is 478 g/mol. The predicted octanol–water partition coefficient (Wildman–Crippen LogP) is 5.40. The fourth-order valence-corrected chi connectivity index (χ4v) is 4.17. The first-order chi connectivity index (χ1) is 13.5. The molecule has 0 radical (unpaired) electrons. The van der Waals surface area contributed by atoms with Crippen LogP contribution in [0.25, 0.3) is 17.4 Å². The lowest BCUT2D eigenvalue weighted by molar-refractivity contribution is -0.156. The number of hydrogen-bond donors (Lipinski definition) is 0. The second-order valence-corrected chi connectivity index (χ2v) is 9.39. The van der Waals surface area contributed by atoms with Gasteiger partial charge in [-0.05, 0) is 69.3 Å². The Balaban J connectivity index is 1.76. The van der Waals surface area contributed by atoms with Gasteiger partial charge >= 0.3 is 5.97 Å². The maximum Gasteiger partial charge on any atom is 0.326 e. The van der Waals surface area contributed by atoms with Crippen LogP contribution in [0, 0.1) is 6.92 Å². The maximum absolute atomic E-state index is 12.5. The lowest BCUT2D eigenvalue weighted by atomic mass is 10.1. The number of benzene rings is 1. The number of imide groups is 1. The molecule has 1 aromatic heterocycles. The first-order valence-electron chi connectivity index (χ1n) is 8.87. The average Bonchev–Trinajstić information content (AvgIpc) is 3.14. The summed E-state index contributed by atoms with van der Waals surface area (Å²) in [6.07, 6.45) is 1.51. The van der Waals surface area contributed by atoms with E-state index >= 15 is 0 Å². The zero-order valence-corrected chi connectivity index (χ0v) is 18.8. The maximum atomic E-state index is 12.5. The van der Waals surface area contributed by atoms with Gasteiger partial charge in [0.2, 0.25) is 0 Å². The summed E-state index contributed by atoms with van der Waals surface area (Å²) in [5.74, 6) is -0.0998. The van der Waals surface area contributed by atoms with Crippen LogP contribution in [-0.2, 0) is 14.3 Å². The first kappa shape index (κ1) is 21.4. The van der Waals surface area contributed by atoms with E-state index in [0.717, 1.165) is 32.3 Å². The monoisotopic (exact) mass is 477 g/mol. The van der Waals surface area contributed by atoms with Crippen molar-refractivity contribution in [3.8, 4) is 11.3 Å². The summed E-state index contributed by atoms with van der Waals surface area (Å²) in [4.78, 5) is 37.8. The minimum absolute atomic E-state index is 0.197. The number of furan rings is 1. The number of thioether (sulfide) groups is 1. The number of esters is 1. The summed E-state index contributed by atoms with van der Waals surface area (Å²) in [5, 5.41) is -0.514. The summed E-state index contributed by atoms with van der Waals surface area (Å²) in [6, 6.07) is 9.43. The van der Waals surface area contributed by atoms with E-state index in [9.17, 15) is 14.4 Å². The normalized spacial score (nSPS) is 16.0. The quantitative estimate of drug-likeness (QED) is 0.433. The van der Waals surface area contributed by atoms with Crippen LogP contribution in [0.1, 0.15) is 32.1 Å². The van der Waals surface area contributed by atoms with Gasteiger partial charge in [-0.25, -0.2) is 0 Å². The van der Waals surface area contributed by atoms with Crippen LogP contribution in [-0.4, -0.2) is 34.2 Å². The highest BCUT2D eigenvalue weighted by atomic mass is 79.9. The topological polar surface area (TPSA) is 76.8 Å². The van der Waals surface area contributed by atoms with E-state index in [1.807, 2.05) is 25.1 Å². The molecule has 0 bridgehead atoms. The van der Waals surface area contributed by atoms with Crippen molar-refractivity contribution in [1.82, 2.24) is 4.90 Å². The van der Waals surface area contributed by atoms with Crippen molar-refractivity contribution in [1.29, 1.82) is 0 Å². The molecular weight excluding hydrogens is 458 g/mol. The Kier molecular flexibility index (Phi) is 6.05. The van der Waals surface area contributed by atoms with Crippen molar-refractivity contribution in [3.63, 3.8) is 0 Å². The van der Waals surface area contributed by atoms with Crippen LogP contribution in [0.3, 0.4) is 0 Å². The van der Waals surface area contributed by atoms with E-state index in [-0.39, 0.29) is 4.91 Å². The Labute approximate surface area is 181 Å². The third-order valence-electron chi connectivity index (χ3n) is 3.87. The van der Waals surface area contributed by atoms with Crippen molar-refractivity contribution in [2.75, 3.05) is 6.54 Å². The predicted molar refractivity (Wildman–Crippen MR) is 115 cm³/mol. The third-order valence-corrected chi connectivity index (χ3v) is 5.43. The van der Waals surface area contributed by atoms with Crippen LogP contribution < -0.4 is 0 Å². The highest BCUT2D eigenvalue weighted by Gasteiger charge is 2.37. The SMILES string of the molecule is Cc1ccc(-c2ccc(C=C3SC(=O)N(CC(=O)OC(C)(C)C)C3=O)o2)c(Br)c1. The Bertz CT molecular complexity index is 1020. The molecule has 0 atom stereocenters. The zero-order chi connectivity index (χ0) is 21.3. The molecular formula is C21H20BrNO5S. The first-order valence-corrected chi connectivity index (χ1v) is 10.5. The molecule has 0 aliphatic carbocycles. The Morgan fingerprint density at radius 3 is 2.62 bits per heavy atom. The van der Waals surface area contributed by atoms with Crippen LogP contribution in [0.4, 0.5) is 4.79 Å². The standard InChI is InChI=1S/C21H20BrNO5S/c1-12-5-7-14(15(22)9-12)16-8-6-13(27-16)10-17-19(25)23(20(26)29-17)11-18(24)28-21(2,3)4/h5-10H,11H2,1-4H3. The second-order valence-electron chi connectivity index (χ2n) is 7.54. The summed E-state index contributed by atoms with van der Waals surface area (Å²) < 4.78 is 11.9. The minimum atomic E-state index is -0.691. The molecule has 29 heavy (non-hydrogen) atoms. The molecule has 0 spiro atoms. The van der Waals surface area contributed by atoms with Crippen molar-refractivity contribution in [2.24, 2.45) is 0 Å². The van der Waals surface area contributed by atoms with Crippen molar-refractivity contribution < 1.29 is 23.5 Å². The van der Waals surface area contributed by atoms with E-state index in [2.05, 4.69) is 15.9 Å². The van der Waals surface area contributed by atoms with Crippen LogP contribution in [0.5, 0.6) is 0 Å². The van der Waals surface area contributed by atoms with Gasteiger partial charge in [0.1, 0.15) is 23.7 Å². The van der Waals surface area contributed by atoms with Crippen LogP contribution in [0.2, 0.25) is 0 Å². The summed E-state index contributed by atoms with van der Waals surface area (Å²) in [6.45, 7) is 6.74. The number of carbonyl (C=O) groups excluding carboxylic acids is 3. The summed E-state index contributed by atoms with van der Waals surface area (Å²) in [7, 11) is 0. The van der Waals surface area contributed by atoms with Gasteiger partial charge in [-0.2, -0.15) is 0 Å². The van der Waals surface area contributed by atoms with Crippen molar-refractivity contribution >= 4 is 50.9 Å². The molecule has 1 saturated heterocycles. The minimum Gasteiger partial charge on any atom is -0.459 e. The molecule has 0 unspecified atom stereocenters. The number of ether oxygens (including phenoxy) is 1. The highest BCUT2D eigenvalue weighted by Crippen LogP contribution is 2.35. The van der Waals surface area contributed by atoms with E-state index in [4.69, 9.17) is 9.15 Å². The molecule has 6 nitrogen and oxygen atoms in total. The van der Waals surface area contributed by atoms with Gasteiger partial charge in [0, 0.05) is 16.1 Å². The van der Waals surface area contributed by atoms with E-state index in [1.54, 1.807) is 32.9 Å². The number of amides is 2. The lowest BCUT2D eigenvalue weighted by Gasteiger charge is -2.21. The Morgan fingerprint density at radius 2 is 1.97 bits per heavy atom. The van der Waals surface area contributed by atoms with Gasteiger partial charge < -0.3 is 9.15 Å². The molecule has 1 aliphatic heterocycles. The van der Waals surface area contributed by atoms with Gasteiger partial charge in [0.25, 0.3) is 11.1 Å². The van der Waals surface area contributed by atoms with E-state index in [1.165, 1.54) is 6.08 Å². The molecule has 0 saturated carbocycles. The van der Waals surface area contributed by atoms with E-state index in [0.29, 0.717) is 11.5 Å². The number of carbonyl (C=O) groups is 3. The molecule has 1 fully saturated rings. The molecule has 1 aromatic carbocycles. The molecule has 152 valence electrons. The number of hydrogen-bond acceptors (Lipinski definition) is 6. The Hall–Kier alpha value is -2.32. The van der Waals surface area contributed by atoms with Gasteiger partial charge in [0.15, 0.2) is 0 Å². The zero-order valence-electron chi connectivity index (χ0n) is 16.4. The number of rotatable bonds is 4. The largest absolute Gasteiger partial charge is 0.459 e. The van der Waals surface area contributed by atoms with Gasteiger partial charge in [0.05, 0.1) is 4.91 Å². The Morgan fingerprint density at radius 1 is 1.24 bits per heavy atom. The van der Waals surface area contributed by atoms with Crippen LogP contribution in [0.15, 0.2) is 44.1 Å². The molecule has 2 amide bonds. The van der Waals surface area contributed by atoms with Gasteiger partial charge in [-0.1, -0.05) is 22.0 Å².